The lowest BCUT2D eigenvalue weighted by molar-refractivity contribution is 0.345. The third-order valence-electron chi connectivity index (χ3n) is 3.12. The van der Waals surface area contributed by atoms with E-state index in [4.69, 9.17) is 11.6 Å². The summed E-state index contributed by atoms with van der Waals surface area (Å²) in [5.74, 6) is 0. The molecule has 0 aliphatic carbocycles. The van der Waals surface area contributed by atoms with Crippen molar-refractivity contribution in [2.24, 2.45) is 0 Å². The predicted molar refractivity (Wildman–Crippen MR) is 70.2 cm³/mol. The van der Waals surface area contributed by atoms with Crippen LogP contribution in [0.2, 0.25) is 5.02 Å². The highest BCUT2D eigenvalue weighted by Crippen LogP contribution is 2.21. The van der Waals surface area contributed by atoms with Crippen LogP contribution in [-0.2, 0) is 0 Å². The molecule has 0 aromatic heterocycles. The van der Waals surface area contributed by atoms with Crippen LogP contribution in [-0.4, -0.2) is 18.6 Å². The molecule has 0 saturated carbocycles. The maximum Gasteiger partial charge on any atom is 0.0637 e. The van der Waals surface area contributed by atoms with Gasteiger partial charge >= 0.3 is 0 Å². The number of piperidine rings is 1. The summed E-state index contributed by atoms with van der Waals surface area (Å²) in [6, 6.07) is 9.11. The quantitative estimate of drug-likeness (QED) is 0.845. The number of rotatable bonds is 3. The van der Waals surface area contributed by atoms with Gasteiger partial charge in [-0.3, -0.25) is 0 Å². The molecule has 1 saturated heterocycles. The molecule has 2 atom stereocenters. The zero-order valence-electron chi connectivity index (χ0n) is 9.67. The number of para-hydroxylation sites is 1. The number of nitrogens with one attached hydrogen (secondary N) is 2. The number of halogens is 1. The lowest BCUT2D eigenvalue weighted by Gasteiger charge is -2.29. The van der Waals surface area contributed by atoms with E-state index in [-0.39, 0.29) is 0 Å². The first-order chi connectivity index (χ1) is 7.75. The molecule has 1 aromatic carbocycles. The third-order valence-corrected chi connectivity index (χ3v) is 3.45. The molecular weight excluding hydrogens is 220 g/mol. The van der Waals surface area contributed by atoms with Gasteiger partial charge in [0.25, 0.3) is 0 Å². The van der Waals surface area contributed by atoms with Crippen molar-refractivity contribution in [2.45, 2.75) is 38.3 Å². The summed E-state index contributed by atoms with van der Waals surface area (Å²) in [5.41, 5.74) is 1.03. The van der Waals surface area contributed by atoms with Crippen LogP contribution >= 0.6 is 11.6 Å². The van der Waals surface area contributed by atoms with E-state index in [2.05, 4.69) is 17.6 Å². The summed E-state index contributed by atoms with van der Waals surface area (Å²) < 4.78 is 0. The van der Waals surface area contributed by atoms with Gasteiger partial charge in [0.1, 0.15) is 0 Å². The minimum absolute atomic E-state index is 0.569. The minimum Gasteiger partial charge on any atom is -0.382 e. The van der Waals surface area contributed by atoms with E-state index in [1.807, 2.05) is 24.3 Å². The van der Waals surface area contributed by atoms with Crippen molar-refractivity contribution in [2.75, 3.05) is 11.9 Å². The maximum absolute atomic E-state index is 6.09. The molecule has 88 valence electrons. The lowest BCUT2D eigenvalue weighted by atomic mass is 9.99. The molecule has 16 heavy (non-hydrogen) atoms. The van der Waals surface area contributed by atoms with Gasteiger partial charge in [-0.2, -0.15) is 0 Å². The van der Waals surface area contributed by atoms with Crippen LogP contribution in [0.15, 0.2) is 24.3 Å². The highest BCUT2D eigenvalue weighted by atomic mass is 35.5. The van der Waals surface area contributed by atoms with Gasteiger partial charge in [0.15, 0.2) is 0 Å². The zero-order chi connectivity index (χ0) is 11.4. The molecular formula is C13H19ClN2. The standard InChI is InChI=1S/C13H19ClN2/c1-10-5-4-6-11(16-10)9-15-13-8-3-2-7-12(13)14/h2-3,7-8,10-11,15-16H,4-6,9H2,1H3. The second kappa shape index (κ2) is 5.55. The Labute approximate surface area is 102 Å². The molecule has 0 amide bonds. The second-order valence-electron chi connectivity index (χ2n) is 4.56. The van der Waals surface area contributed by atoms with Crippen molar-refractivity contribution < 1.29 is 0 Å². The Morgan fingerprint density at radius 3 is 2.94 bits per heavy atom. The van der Waals surface area contributed by atoms with E-state index < -0.39 is 0 Å². The van der Waals surface area contributed by atoms with E-state index in [1.54, 1.807) is 0 Å². The average molecular weight is 239 g/mol. The number of hydrogen-bond donors (Lipinski definition) is 2. The van der Waals surface area contributed by atoms with Crippen LogP contribution in [0.25, 0.3) is 0 Å². The van der Waals surface area contributed by atoms with Gasteiger partial charge in [-0.15, -0.1) is 0 Å². The first-order valence-electron chi connectivity index (χ1n) is 6.00. The molecule has 2 nitrogen and oxygen atoms in total. The average Bonchev–Trinajstić information content (AvgIpc) is 2.28. The highest BCUT2D eigenvalue weighted by Gasteiger charge is 2.17. The van der Waals surface area contributed by atoms with Crippen molar-refractivity contribution in [1.82, 2.24) is 5.32 Å². The molecule has 2 N–H and O–H groups in total. The van der Waals surface area contributed by atoms with Gasteiger partial charge in [0.05, 0.1) is 10.7 Å². The number of benzene rings is 1. The fourth-order valence-corrected chi connectivity index (χ4v) is 2.44. The van der Waals surface area contributed by atoms with Crippen molar-refractivity contribution in [1.29, 1.82) is 0 Å². The van der Waals surface area contributed by atoms with Gasteiger partial charge in [0.2, 0.25) is 0 Å². The largest absolute Gasteiger partial charge is 0.382 e. The summed E-state index contributed by atoms with van der Waals surface area (Å²) in [4.78, 5) is 0. The summed E-state index contributed by atoms with van der Waals surface area (Å²) >= 11 is 6.09. The molecule has 0 bridgehead atoms. The van der Waals surface area contributed by atoms with E-state index in [9.17, 15) is 0 Å². The monoisotopic (exact) mass is 238 g/mol. The molecule has 1 aliphatic heterocycles. The lowest BCUT2D eigenvalue weighted by Crippen LogP contribution is -2.44. The molecule has 1 fully saturated rings. The van der Waals surface area contributed by atoms with Gasteiger partial charge in [-0.25, -0.2) is 0 Å². The Balaban J connectivity index is 1.85. The van der Waals surface area contributed by atoms with E-state index in [0.29, 0.717) is 12.1 Å². The number of hydrogen-bond acceptors (Lipinski definition) is 2. The third kappa shape index (κ3) is 3.13. The first-order valence-corrected chi connectivity index (χ1v) is 6.38. The van der Waals surface area contributed by atoms with E-state index in [1.165, 1.54) is 19.3 Å². The van der Waals surface area contributed by atoms with Gasteiger partial charge in [-0.1, -0.05) is 30.2 Å². The molecule has 2 rings (SSSR count). The van der Waals surface area contributed by atoms with E-state index in [0.717, 1.165) is 17.3 Å². The summed E-state index contributed by atoms with van der Waals surface area (Å²) in [6.07, 6.45) is 3.87. The van der Waals surface area contributed by atoms with Crippen molar-refractivity contribution in [3.05, 3.63) is 29.3 Å². The minimum atomic E-state index is 0.569. The summed E-state index contributed by atoms with van der Waals surface area (Å²) in [5, 5.41) is 7.81. The van der Waals surface area contributed by atoms with E-state index >= 15 is 0 Å². The smallest absolute Gasteiger partial charge is 0.0637 e. The Morgan fingerprint density at radius 1 is 1.38 bits per heavy atom. The fraction of sp³-hybridized carbons (Fsp3) is 0.538. The molecule has 1 aliphatic rings. The topological polar surface area (TPSA) is 24.1 Å². The van der Waals surface area contributed by atoms with Crippen molar-refractivity contribution in [3.63, 3.8) is 0 Å². The van der Waals surface area contributed by atoms with Gasteiger partial charge in [0, 0.05) is 18.6 Å². The van der Waals surface area contributed by atoms with Crippen molar-refractivity contribution in [3.8, 4) is 0 Å². The predicted octanol–water partition coefficient (Wildman–Crippen LogP) is 3.28. The molecule has 3 heteroatoms. The Kier molecular flexibility index (Phi) is 4.08. The van der Waals surface area contributed by atoms with Crippen LogP contribution in [0.1, 0.15) is 26.2 Å². The summed E-state index contributed by atoms with van der Waals surface area (Å²) in [6.45, 7) is 3.20. The first kappa shape index (κ1) is 11.7. The highest BCUT2D eigenvalue weighted by molar-refractivity contribution is 6.33. The van der Waals surface area contributed by atoms with Crippen LogP contribution in [0.5, 0.6) is 0 Å². The normalized spacial score (nSPS) is 25.4. The maximum atomic E-state index is 6.09. The van der Waals surface area contributed by atoms with Crippen molar-refractivity contribution >= 4 is 17.3 Å². The van der Waals surface area contributed by atoms with Gasteiger partial charge in [-0.05, 0) is 31.9 Å². The molecule has 1 heterocycles. The molecule has 0 radical (unpaired) electrons. The summed E-state index contributed by atoms with van der Waals surface area (Å²) in [7, 11) is 0. The molecule has 0 spiro atoms. The molecule has 2 unspecified atom stereocenters. The SMILES string of the molecule is CC1CCCC(CNc2ccccc2Cl)N1. The van der Waals surface area contributed by atoms with Crippen LogP contribution in [0, 0.1) is 0 Å². The Morgan fingerprint density at radius 2 is 2.19 bits per heavy atom. The molecule has 1 aromatic rings. The Hall–Kier alpha value is -0.730. The van der Waals surface area contributed by atoms with Crippen LogP contribution < -0.4 is 10.6 Å². The number of anilines is 1. The Bertz CT molecular complexity index is 340. The zero-order valence-corrected chi connectivity index (χ0v) is 10.4. The van der Waals surface area contributed by atoms with Crippen LogP contribution in [0.4, 0.5) is 5.69 Å². The van der Waals surface area contributed by atoms with Gasteiger partial charge < -0.3 is 10.6 Å². The fourth-order valence-electron chi connectivity index (χ4n) is 2.24. The second-order valence-corrected chi connectivity index (χ2v) is 4.96. The van der Waals surface area contributed by atoms with Crippen LogP contribution in [0.3, 0.4) is 0 Å².